The first-order valence-corrected chi connectivity index (χ1v) is 8.58. The van der Waals surface area contributed by atoms with E-state index in [0.29, 0.717) is 6.54 Å². The number of hydrogen-bond donors (Lipinski definition) is 2. The molecule has 3 rings (SSSR count). The molecule has 2 heterocycles. The molecule has 0 saturated carbocycles. The first-order valence-electron chi connectivity index (χ1n) is 8.00. The van der Waals surface area contributed by atoms with Gasteiger partial charge in [0.05, 0.1) is 5.69 Å². The average Bonchev–Trinajstić information content (AvgIpc) is 3.01. The molecule has 3 aromatic rings. The smallest absolute Gasteiger partial charge is 0.137 e. The molecule has 25 heavy (non-hydrogen) atoms. The molecule has 126 valence electrons. The van der Waals surface area contributed by atoms with Crippen molar-refractivity contribution in [1.29, 1.82) is 0 Å². The highest BCUT2D eigenvalue weighted by Crippen LogP contribution is 2.41. The Labute approximate surface area is 150 Å². The second-order valence-electron chi connectivity index (χ2n) is 5.82. The third-order valence-corrected chi connectivity index (χ3v) is 4.45. The van der Waals surface area contributed by atoms with Crippen molar-refractivity contribution in [1.82, 2.24) is 9.97 Å². The van der Waals surface area contributed by atoms with Gasteiger partial charge in [0.1, 0.15) is 5.82 Å². The molecule has 5 heteroatoms. The van der Waals surface area contributed by atoms with E-state index >= 15 is 0 Å². The van der Waals surface area contributed by atoms with Crippen molar-refractivity contribution in [3.63, 3.8) is 0 Å². The molecule has 0 saturated heterocycles. The minimum absolute atomic E-state index is 0.460. The molecular formula is C20H21N4P. The number of aromatic amines is 1. The minimum Gasteiger partial charge on any atom is -0.339 e. The summed E-state index contributed by atoms with van der Waals surface area (Å²) in [5.41, 5.74) is 12.2. The van der Waals surface area contributed by atoms with Crippen molar-refractivity contribution in [2.75, 3.05) is 6.54 Å². The Bertz CT molecular complexity index is 909. The van der Waals surface area contributed by atoms with Gasteiger partial charge in [-0.25, -0.2) is 4.99 Å². The van der Waals surface area contributed by atoms with Gasteiger partial charge in [0.15, 0.2) is 0 Å². The van der Waals surface area contributed by atoms with Crippen LogP contribution in [0.1, 0.15) is 11.1 Å². The number of benzene rings is 1. The molecule has 4 nitrogen and oxygen atoms in total. The molecular weight excluding hydrogens is 327 g/mol. The lowest BCUT2D eigenvalue weighted by atomic mass is 9.97. The summed E-state index contributed by atoms with van der Waals surface area (Å²) in [6.07, 6.45) is 5.62. The Morgan fingerprint density at radius 1 is 1.20 bits per heavy atom. The van der Waals surface area contributed by atoms with Gasteiger partial charge in [0.25, 0.3) is 0 Å². The summed E-state index contributed by atoms with van der Waals surface area (Å²) in [6.45, 7) is 6.26. The minimum atomic E-state index is 0.460. The van der Waals surface area contributed by atoms with Gasteiger partial charge in [0.2, 0.25) is 0 Å². The summed E-state index contributed by atoms with van der Waals surface area (Å²) in [4.78, 5) is 11.7. The predicted octanol–water partition coefficient (Wildman–Crippen LogP) is 4.56. The maximum atomic E-state index is 5.78. The monoisotopic (exact) mass is 348 g/mol. The van der Waals surface area contributed by atoms with E-state index in [1.807, 2.05) is 18.2 Å². The van der Waals surface area contributed by atoms with Gasteiger partial charge >= 0.3 is 0 Å². The third kappa shape index (κ3) is 3.60. The van der Waals surface area contributed by atoms with Crippen molar-refractivity contribution in [3.8, 4) is 22.4 Å². The van der Waals surface area contributed by atoms with Crippen LogP contribution in [0.25, 0.3) is 28.5 Å². The van der Waals surface area contributed by atoms with Crippen LogP contribution < -0.4 is 5.73 Å². The van der Waals surface area contributed by atoms with Gasteiger partial charge in [-0.15, -0.1) is 9.24 Å². The molecule has 0 spiro atoms. The standard InChI is InChI=1S/C20H21N4P/c1-13-3-5-15(6-4-13)19-18(14-7-9-23-10-8-14)17(11-16(25)12-21)20(22-2)24-19/h3-11,24H,2,12,21,25H2,1H3/b16-11+. The molecule has 3 N–H and O–H groups in total. The summed E-state index contributed by atoms with van der Waals surface area (Å²) >= 11 is 0. The molecule has 1 atom stereocenters. The van der Waals surface area contributed by atoms with Crippen LogP contribution in [0, 0.1) is 6.92 Å². The van der Waals surface area contributed by atoms with Gasteiger partial charge in [-0.2, -0.15) is 0 Å². The number of nitrogens with one attached hydrogen (secondary N) is 1. The molecule has 0 aliphatic carbocycles. The number of aromatic nitrogens is 2. The van der Waals surface area contributed by atoms with Gasteiger partial charge in [-0.3, -0.25) is 4.98 Å². The molecule has 1 unspecified atom stereocenters. The van der Waals surface area contributed by atoms with Gasteiger partial charge in [0, 0.05) is 30.1 Å². The van der Waals surface area contributed by atoms with Crippen molar-refractivity contribution >= 4 is 27.9 Å². The maximum absolute atomic E-state index is 5.78. The van der Waals surface area contributed by atoms with Crippen molar-refractivity contribution < 1.29 is 0 Å². The first-order chi connectivity index (χ1) is 12.1. The summed E-state index contributed by atoms with van der Waals surface area (Å²) in [7, 11) is 2.68. The van der Waals surface area contributed by atoms with Gasteiger partial charge in [-0.05, 0) is 48.3 Å². The van der Waals surface area contributed by atoms with Gasteiger partial charge < -0.3 is 10.7 Å². The van der Waals surface area contributed by atoms with Crippen molar-refractivity contribution in [2.45, 2.75) is 6.92 Å². The lowest BCUT2D eigenvalue weighted by Crippen LogP contribution is -1.97. The number of aliphatic imine (C=N–C) groups is 1. The van der Waals surface area contributed by atoms with Crippen LogP contribution in [-0.4, -0.2) is 23.2 Å². The summed E-state index contributed by atoms with van der Waals surface area (Å²) in [6, 6.07) is 12.4. The molecule has 0 radical (unpaired) electrons. The molecule has 0 aliphatic rings. The zero-order chi connectivity index (χ0) is 17.8. The Morgan fingerprint density at radius 3 is 2.48 bits per heavy atom. The van der Waals surface area contributed by atoms with E-state index < -0.39 is 0 Å². The zero-order valence-corrected chi connectivity index (χ0v) is 15.3. The van der Waals surface area contributed by atoms with Crippen LogP contribution in [0.2, 0.25) is 0 Å². The molecule has 1 aromatic carbocycles. The number of H-pyrrole nitrogens is 1. The fourth-order valence-corrected chi connectivity index (χ4v) is 2.93. The SMILES string of the molecule is C=Nc1[nH]c(-c2ccc(C)cc2)c(-c2ccncc2)c1/C=C(/P)CN. The predicted molar refractivity (Wildman–Crippen MR) is 110 cm³/mol. The highest BCUT2D eigenvalue weighted by molar-refractivity contribution is 7.22. The largest absolute Gasteiger partial charge is 0.339 e. The van der Waals surface area contributed by atoms with Crippen molar-refractivity contribution in [2.24, 2.45) is 10.7 Å². The average molecular weight is 348 g/mol. The van der Waals surface area contributed by atoms with E-state index in [2.05, 4.69) is 62.1 Å². The van der Waals surface area contributed by atoms with Crippen LogP contribution in [0.5, 0.6) is 0 Å². The first kappa shape index (κ1) is 17.3. The van der Waals surface area contributed by atoms with Gasteiger partial charge in [-0.1, -0.05) is 29.8 Å². The highest BCUT2D eigenvalue weighted by atomic mass is 31.0. The lowest BCUT2D eigenvalue weighted by Gasteiger charge is -2.07. The second kappa shape index (κ2) is 7.56. The van der Waals surface area contributed by atoms with Crippen LogP contribution >= 0.6 is 9.24 Å². The van der Waals surface area contributed by atoms with Crippen LogP contribution in [-0.2, 0) is 0 Å². The normalized spacial score (nSPS) is 11.6. The topological polar surface area (TPSA) is 67.1 Å². The fourth-order valence-electron chi connectivity index (χ4n) is 2.77. The summed E-state index contributed by atoms with van der Waals surface area (Å²) < 4.78 is 0. The van der Waals surface area contributed by atoms with Crippen molar-refractivity contribution in [3.05, 3.63) is 65.2 Å². The van der Waals surface area contributed by atoms with E-state index in [1.165, 1.54) is 5.56 Å². The zero-order valence-electron chi connectivity index (χ0n) is 14.2. The summed E-state index contributed by atoms with van der Waals surface area (Å²) in [5, 5.41) is 0.995. The number of pyridine rings is 1. The number of rotatable bonds is 5. The molecule has 0 amide bonds. The van der Waals surface area contributed by atoms with E-state index in [4.69, 9.17) is 5.73 Å². The maximum Gasteiger partial charge on any atom is 0.137 e. The number of aryl methyl sites for hydroxylation is 1. The third-order valence-electron chi connectivity index (χ3n) is 4.05. The summed E-state index contributed by atoms with van der Waals surface area (Å²) in [5.74, 6) is 0.732. The van der Waals surface area contributed by atoms with E-state index in [1.54, 1.807) is 12.4 Å². The quantitative estimate of drug-likeness (QED) is 0.524. The fraction of sp³-hybridized carbons (Fsp3) is 0.100. The molecule has 0 fully saturated rings. The Balaban J connectivity index is 2.31. The molecule has 0 bridgehead atoms. The van der Waals surface area contributed by atoms with Crippen LogP contribution in [0.15, 0.2) is 59.1 Å². The number of hydrogen-bond acceptors (Lipinski definition) is 3. The number of nitrogens with zero attached hydrogens (tertiary/aromatic N) is 2. The Morgan fingerprint density at radius 2 is 1.88 bits per heavy atom. The lowest BCUT2D eigenvalue weighted by molar-refractivity contribution is 1.24. The molecule has 2 aromatic heterocycles. The second-order valence-corrected chi connectivity index (χ2v) is 6.56. The van der Waals surface area contributed by atoms with E-state index in [-0.39, 0.29) is 0 Å². The Hall–Kier alpha value is -2.55. The van der Waals surface area contributed by atoms with Crippen LogP contribution in [0.3, 0.4) is 0 Å². The van der Waals surface area contributed by atoms with E-state index in [9.17, 15) is 0 Å². The highest BCUT2D eigenvalue weighted by Gasteiger charge is 2.18. The molecule has 0 aliphatic heterocycles. The Kier molecular flexibility index (Phi) is 5.22. The van der Waals surface area contributed by atoms with Crippen LogP contribution in [0.4, 0.5) is 5.82 Å². The number of nitrogens with two attached hydrogens (primary N) is 1. The van der Waals surface area contributed by atoms with E-state index in [0.717, 1.165) is 39.1 Å².